The Bertz CT molecular complexity index is 771. The smallest absolute Gasteiger partial charge is 0.254 e. The molecule has 3 rings (SSSR count). The van der Waals surface area contributed by atoms with Crippen molar-refractivity contribution in [1.29, 1.82) is 0 Å². The van der Waals surface area contributed by atoms with Crippen LogP contribution in [0.2, 0.25) is 0 Å². The fourth-order valence-electron chi connectivity index (χ4n) is 1.91. The molecule has 0 aliphatic rings. The van der Waals surface area contributed by atoms with E-state index in [0.29, 0.717) is 5.78 Å². The quantitative estimate of drug-likeness (QED) is 0.798. The second kappa shape index (κ2) is 5.09. The Labute approximate surface area is 123 Å². The average Bonchev–Trinajstić information content (AvgIpc) is 2.87. The molecule has 0 atom stereocenters. The molecule has 0 bridgehead atoms. The first-order valence-electron chi connectivity index (χ1n) is 5.95. The van der Waals surface area contributed by atoms with E-state index < -0.39 is 0 Å². The molecule has 0 spiro atoms. The van der Waals surface area contributed by atoms with Crippen LogP contribution >= 0.6 is 15.9 Å². The molecule has 0 radical (unpaired) electrons. The zero-order chi connectivity index (χ0) is 14.1. The summed E-state index contributed by atoms with van der Waals surface area (Å²) in [7, 11) is 1.64. The maximum atomic E-state index is 5.21. The van der Waals surface area contributed by atoms with Crippen LogP contribution in [0.3, 0.4) is 0 Å². The molecule has 0 amide bonds. The number of nitrogens with zero attached hydrogens (tertiary/aromatic N) is 4. The first-order valence-corrected chi connectivity index (χ1v) is 6.74. The zero-order valence-electron chi connectivity index (χ0n) is 11.0. The van der Waals surface area contributed by atoms with Crippen LogP contribution in [-0.4, -0.2) is 26.7 Å². The maximum absolute atomic E-state index is 5.21. The largest absolute Gasteiger partial charge is 0.496 e. The van der Waals surface area contributed by atoms with Gasteiger partial charge >= 0.3 is 0 Å². The van der Waals surface area contributed by atoms with E-state index >= 15 is 0 Å². The summed E-state index contributed by atoms with van der Waals surface area (Å²) >= 11 is 3.47. The number of anilines is 2. The Hall–Kier alpha value is -2.15. The fourth-order valence-corrected chi connectivity index (χ4v) is 2.45. The summed E-state index contributed by atoms with van der Waals surface area (Å²) in [5.74, 6) is 2.16. The number of rotatable bonds is 3. The maximum Gasteiger partial charge on any atom is 0.254 e. The van der Waals surface area contributed by atoms with E-state index in [9.17, 15) is 0 Å². The van der Waals surface area contributed by atoms with Gasteiger partial charge in [0.05, 0.1) is 11.6 Å². The minimum atomic E-state index is 0.570. The lowest BCUT2D eigenvalue weighted by molar-refractivity contribution is 0.412. The molecule has 0 fully saturated rings. The number of aryl methyl sites for hydroxylation is 1. The minimum Gasteiger partial charge on any atom is -0.496 e. The van der Waals surface area contributed by atoms with Crippen molar-refractivity contribution in [2.45, 2.75) is 6.92 Å². The van der Waals surface area contributed by atoms with E-state index in [4.69, 9.17) is 4.74 Å². The van der Waals surface area contributed by atoms with E-state index in [2.05, 4.69) is 36.3 Å². The molecule has 102 valence electrons. The zero-order valence-corrected chi connectivity index (χ0v) is 12.5. The number of ether oxygens (including phenoxy) is 1. The van der Waals surface area contributed by atoms with Gasteiger partial charge in [-0.2, -0.15) is 14.6 Å². The van der Waals surface area contributed by atoms with Gasteiger partial charge in [0.2, 0.25) is 0 Å². The molecule has 1 aromatic carbocycles. The van der Waals surface area contributed by atoms with Crippen LogP contribution in [0.4, 0.5) is 11.5 Å². The van der Waals surface area contributed by atoms with Crippen LogP contribution in [0.15, 0.2) is 35.1 Å². The Kier molecular flexibility index (Phi) is 3.27. The normalized spacial score (nSPS) is 10.8. The van der Waals surface area contributed by atoms with Crippen LogP contribution in [0.25, 0.3) is 5.78 Å². The van der Waals surface area contributed by atoms with Crippen molar-refractivity contribution in [3.8, 4) is 5.75 Å². The molecular formula is C13H12BrN5O. The van der Waals surface area contributed by atoms with Gasteiger partial charge in [-0.1, -0.05) is 0 Å². The molecule has 0 aliphatic carbocycles. The van der Waals surface area contributed by atoms with Crippen LogP contribution < -0.4 is 10.1 Å². The van der Waals surface area contributed by atoms with Gasteiger partial charge in [0.25, 0.3) is 5.78 Å². The second-order valence-electron chi connectivity index (χ2n) is 4.23. The van der Waals surface area contributed by atoms with E-state index in [-0.39, 0.29) is 0 Å². The number of hydrogen-bond donors (Lipinski definition) is 1. The Morgan fingerprint density at radius 3 is 2.90 bits per heavy atom. The van der Waals surface area contributed by atoms with Crippen molar-refractivity contribution in [1.82, 2.24) is 19.6 Å². The van der Waals surface area contributed by atoms with Crippen molar-refractivity contribution in [3.05, 3.63) is 40.8 Å². The highest BCUT2D eigenvalue weighted by Gasteiger charge is 2.07. The summed E-state index contributed by atoms with van der Waals surface area (Å²) in [5.41, 5.74) is 1.79. The Morgan fingerprint density at radius 2 is 2.15 bits per heavy atom. The van der Waals surface area contributed by atoms with E-state index in [1.165, 1.54) is 6.33 Å². The van der Waals surface area contributed by atoms with Crippen molar-refractivity contribution in [2.24, 2.45) is 0 Å². The van der Waals surface area contributed by atoms with Gasteiger partial charge in [0.15, 0.2) is 0 Å². The van der Waals surface area contributed by atoms with Crippen LogP contribution in [0.5, 0.6) is 5.75 Å². The predicted octanol–water partition coefficient (Wildman–Crippen LogP) is 2.95. The number of halogens is 1. The topological polar surface area (TPSA) is 64.3 Å². The molecule has 6 nitrogen and oxygen atoms in total. The van der Waals surface area contributed by atoms with Crippen LogP contribution in [0, 0.1) is 6.92 Å². The number of hydrogen-bond acceptors (Lipinski definition) is 5. The van der Waals surface area contributed by atoms with Crippen molar-refractivity contribution >= 4 is 33.2 Å². The second-order valence-corrected chi connectivity index (χ2v) is 5.08. The minimum absolute atomic E-state index is 0.570. The lowest BCUT2D eigenvalue weighted by Crippen LogP contribution is -2.02. The summed E-state index contributed by atoms with van der Waals surface area (Å²) in [4.78, 5) is 8.40. The fraction of sp³-hybridized carbons (Fsp3) is 0.154. The van der Waals surface area contributed by atoms with E-state index in [1.54, 1.807) is 11.6 Å². The number of fused-ring (bicyclic) bond motifs is 1. The van der Waals surface area contributed by atoms with E-state index in [1.807, 2.05) is 31.2 Å². The number of nitrogens with one attached hydrogen (secondary N) is 1. The highest BCUT2D eigenvalue weighted by molar-refractivity contribution is 9.10. The average molecular weight is 334 g/mol. The Balaban J connectivity index is 2.00. The van der Waals surface area contributed by atoms with Crippen LogP contribution in [-0.2, 0) is 0 Å². The number of benzene rings is 1. The van der Waals surface area contributed by atoms with Crippen LogP contribution in [0.1, 0.15) is 5.69 Å². The molecule has 2 heterocycles. The first kappa shape index (κ1) is 12.9. The number of aromatic nitrogens is 4. The SMILES string of the molecule is COc1ccc(Nc2cc(C)nc3ncnn23)cc1Br. The van der Waals surface area contributed by atoms with Crippen molar-refractivity contribution in [3.63, 3.8) is 0 Å². The third-order valence-electron chi connectivity index (χ3n) is 2.80. The monoisotopic (exact) mass is 333 g/mol. The van der Waals surface area contributed by atoms with Crippen molar-refractivity contribution in [2.75, 3.05) is 12.4 Å². The highest BCUT2D eigenvalue weighted by atomic mass is 79.9. The van der Waals surface area contributed by atoms with E-state index in [0.717, 1.165) is 27.4 Å². The molecular weight excluding hydrogens is 322 g/mol. The summed E-state index contributed by atoms with van der Waals surface area (Å²) in [6.45, 7) is 1.92. The summed E-state index contributed by atoms with van der Waals surface area (Å²) < 4.78 is 7.75. The molecule has 1 N–H and O–H groups in total. The van der Waals surface area contributed by atoms with Crippen molar-refractivity contribution < 1.29 is 4.74 Å². The van der Waals surface area contributed by atoms with Gasteiger partial charge in [-0.25, -0.2) is 4.98 Å². The van der Waals surface area contributed by atoms with Gasteiger partial charge in [0.1, 0.15) is 17.9 Å². The predicted molar refractivity (Wildman–Crippen MR) is 79.5 cm³/mol. The van der Waals surface area contributed by atoms with Gasteiger partial charge in [0, 0.05) is 17.4 Å². The first-order chi connectivity index (χ1) is 9.67. The molecule has 0 unspecified atom stereocenters. The molecule has 7 heteroatoms. The molecule has 20 heavy (non-hydrogen) atoms. The molecule has 0 saturated heterocycles. The lowest BCUT2D eigenvalue weighted by Gasteiger charge is -2.10. The molecule has 3 aromatic rings. The highest BCUT2D eigenvalue weighted by Crippen LogP contribution is 2.29. The summed E-state index contributed by atoms with van der Waals surface area (Å²) in [5, 5.41) is 7.46. The molecule has 0 aliphatic heterocycles. The Morgan fingerprint density at radius 1 is 1.30 bits per heavy atom. The van der Waals surface area contributed by atoms with Gasteiger partial charge < -0.3 is 10.1 Å². The van der Waals surface area contributed by atoms with Gasteiger partial charge in [-0.15, -0.1) is 0 Å². The standard InChI is InChI=1S/C13H12BrN5O/c1-8-5-12(19-13(17-8)15-7-16-19)18-9-3-4-11(20-2)10(14)6-9/h3-7,18H,1-2H3. The molecule has 2 aromatic heterocycles. The third-order valence-corrected chi connectivity index (χ3v) is 3.42. The van der Waals surface area contributed by atoms with Gasteiger partial charge in [-0.05, 0) is 41.1 Å². The summed E-state index contributed by atoms with van der Waals surface area (Å²) in [6.07, 6.45) is 1.48. The van der Waals surface area contributed by atoms with Gasteiger partial charge in [-0.3, -0.25) is 0 Å². The summed E-state index contributed by atoms with van der Waals surface area (Å²) in [6, 6.07) is 7.68. The lowest BCUT2D eigenvalue weighted by atomic mass is 10.3. The molecule has 0 saturated carbocycles. The third kappa shape index (κ3) is 2.32. The number of methoxy groups -OCH3 is 1.